The Labute approximate surface area is 203 Å². The number of hydrogen-bond acceptors (Lipinski definition) is 5. The SMILES string of the molecule is CC1SCC(C(=O)O)N1C(=O)C(CC(F)(F)F)NC(=O)OCC1c2ccccc2-c2ccccc21. The van der Waals surface area contributed by atoms with Gasteiger partial charge in [-0.05, 0) is 29.2 Å². The van der Waals surface area contributed by atoms with Crippen LogP contribution in [0.4, 0.5) is 18.0 Å². The zero-order valence-electron chi connectivity index (χ0n) is 18.6. The standard InChI is InChI=1S/C24H23F3N2O5S/c1-13-29(20(12-35-13)22(31)32)21(30)19(10-24(25,26)27)28-23(33)34-11-18-16-8-4-2-6-14(16)15-7-3-5-9-17(15)18/h2-9,13,18-20H,10-12H2,1H3,(H,28,33)(H,31,32). The molecule has 0 saturated carbocycles. The molecule has 1 heterocycles. The van der Waals surface area contributed by atoms with E-state index in [2.05, 4.69) is 0 Å². The molecule has 1 aliphatic carbocycles. The van der Waals surface area contributed by atoms with E-state index < -0.39 is 48.0 Å². The maximum Gasteiger partial charge on any atom is 0.407 e. The van der Waals surface area contributed by atoms with Gasteiger partial charge in [0.15, 0.2) is 0 Å². The van der Waals surface area contributed by atoms with Crippen molar-refractivity contribution in [1.82, 2.24) is 10.2 Å². The van der Waals surface area contributed by atoms with Gasteiger partial charge in [-0.1, -0.05) is 48.5 Å². The summed E-state index contributed by atoms with van der Waals surface area (Å²) in [4.78, 5) is 37.9. The highest BCUT2D eigenvalue weighted by molar-refractivity contribution is 8.00. The van der Waals surface area contributed by atoms with Crippen molar-refractivity contribution in [2.24, 2.45) is 0 Å². The van der Waals surface area contributed by atoms with E-state index in [1.807, 2.05) is 53.8 Å². The van der Waals surface area contributed by atoms with Crippen LogP contribution < -0.4 is 5.32 Å². The number of carbonyl (C=O) groups is 3. The Morgan fingerprint density at radius 2 is 1.69 bits per heavy atom. The average Bonchev–Trinajstić information content (AvgIpc) is 3.34. The predicted molar refractivity (Wildman–Crippen MR) is 123 cm³/mol. The lowest BCUT2D eigenvalue weighted by Gasteiger charge is -2.30. The molecule has 2 N–H and O–H groups in total. The molecule has 2 amide bonds. The summed E-state index contributed by atoms with van der Waals surface area (Å²) in [6.45, 7) is 1.39. The summed E-state index contributed by atoms with van der Waals surface area (Å²) in [6.07, 6.45) is -7.59. The molecule has 0 spiro atoms. The highest BCUT2D eigenvalue weighted by Crippen LogP contribution is 2.44. The van der Waals surface area contributed by atoms with Gasteiger partial charge >= 0.3 is 18.2 Å². The molecule has 2 aliphatic rings. The molecule has 2 aromatic rings. The topological polar surface area (TPSA) is 95.9 Å². The van der Waals surface area contributed by atoms with Crippen LogP contribution in [-0.2, 0) is 14.3 Å². The summed E-state index contributed by atoms with van der Waals surface area (Å²) in [7, 11) is 0. The number of thioether (sulfide) groups is 1. The summed E-state index contributed by atoms with van der Waals surface area (Å²) in [5.74, 6) is -2.69. The Morgan fingerprint density at radius 1 is 1.11 bits per heavy atom. The fourth-order valence-corrected chi connectivity index (χ4v) is 5.74. The number of alkyl halides is 3. The Morgan fingerprint density at radius 3 is 2.23 bits per heavy atom. The van der Waals surface area contributed by atoms with Crippen LogP contribution in [0.5, 0.6) is 0 Å². The van der Waals surface area contributed by atoms with Crippen LogP contribution in [0.1, 0.15) is 30.4 Å². The van der Waals surface area contributed by atoms with Crippen LogP contribution in [-0.4, -0.2) is 64.0 Å². The molecule has 35 heavy (non-hydrogen) atoms. The van der Waals surface area contributed by atoms with Gasteiger partial charge in [0.1, 0.15) is 18.7 Å². The van der Waals surface area contributed by atoms with E-state index in [-0.39, 0.29) is 18.3 Å². The van der Waals surface area contributed by atoms with Gasteiger partial charge in [0.2, 0.25) is 5.91 Å². The largest absolute Gasteiger partial charge is 0.480 e. The minimum Gasteiger partial charge on any atom is -0.480 e. The Kier molecular flexibility index (Phi) is 6.98. The zero-order valence-corrected chi connectivity index (χ0v) is 19.4. The van der Waals surface area contributed by atoms with E-state index in [9.17, 15) is 32.7 Å². The first kappa shape index (κ1) is 24.9. The van der Waals surface area contributed by atoms with Crippen molar-refractivity contribution in [2.45, 2.75) is 42.9 Å². The van der Waals surface area contributed by atoms with Crippen molar-refractivity contribution >= 4 is 29.7 Å². The number of nitrogens with one attached hydrogen (secondary N) is 1. The van der Waals surface area contributed by atoms with Gasteiger partial charge in [0.05, 0.1) is 11.8 Å². The number of fused-ring (bicyclic) bond motifs is 3. The number of carboxylic acid groups (broad SMARTS) is 1. The van der Waals surface area contributed by atoms with Crippen LogP contribution in [0.15, 0.2) is 48.5 Å². The van der Waals surface area contributed by atoms with E-state index in [1.165, 1.54) is 6.92 Å². The van der Waals surface area contributed by atoms with E-state index in [0.717, 1.165) is 38.9 Å². The van der Waals surface area contributed by atoms with Gasteiger partial charge in [-0.2, -0.15) is 13.2 Å². The first-order valence-corrected chi connectivity index (χ1v) is 12.0. The molecule has 0 bridgehead atoms. The first-order valence-electron chi connectivity index (χ1n) is 10.9. The minimum absolute atomic E-state index is 0.0475. The second kappa shape index (κ2) is 9.80. The van der Waals surface area contributed by atoms with Crippen molar-refractivity contribution in [3.05, 3.63) is 59.7 Å². The van der Waals surface area contributed by atoms with Crippen LogP contribution in [0.25, 0.3) is 11.1 Å². The van der Waals surface area contributed by atoms with E-state index >= 15 is 0 Å². The molecule has 186 valence electrons. The predicted octanol–water partition coefficient (Wildman–Crippen LogP) is 4.22. The highest BCUT2D eigenvalue weighted by Gasteiger charge is 2.45. The average molecular weight is 509 g/mol. The quantitative estimate of drug-likeness (QED) is 0.607. The lowest BCUT2D eigenvalue weighted by atomic mass is 9.98. The number of amides is 2. The number of benzene rings is 2. The van der Waals surface area contributed by atoms with Crippen LogP contribution in [0.2, 0.25) is 0 Å². The van der Waals surface area contributed by atoms with E-state index in [1.54, 1.807) is 0 Å². The number of halogens is 3. The monoisotopic (exact) mass is 508 g/mol. The number of aliphatic carboxylic acids is 1. The maximum absolute atomic E-state index is 13.2. The molecule has 2 aromatic carbocycles. The number of alkyl carbamates (subject to hydrolysis) is 1. The fourth-order valence-electron chi connectivity index (χ4n) is 4.56. The fraction of sp³-hybridized carbons (Fsp3) is 0.375. The number of rotatable bonds is 6. The number of carboxylic acids is 1. The molecule has 0 aromatic heterocycles. The number of hydrogen-bond donors (Lipinski definition) is 2. The molecule has 1 saturated heterocycles. The molecule has 3 atom stereocenters. The van der Waals surface area contributed by atoms with Gasteiger partial charge in [-0.15, -0.1) is 11.8 Å². The van der Waals surface area contributed by atoms with Crippen molar-refractivity contribution < 1.29 is 37.4 Å². The van der Waals surface area contributed by atoms with Gasteiger partial charge in [-0.3, -0.25) is 4.79 Å². The van der Waals surface area contributed by atoms with Crippen LogP contribution >= 0.6 is 11.8 Å². The molecule has 0 radical (unpaired) electrons. The van der Waals surface area contributed by atoms with E-state index in [0.29, 0.717) is 0 Å². The van der Waals surface area contributed by atoms with Crippen molar-refractivity contribution in [1.29, 1.82) is 0 Å². The summed E-state index contributed by atoms with van der Waals surface area (Å²) in [5.41, 5.74) is 3.83. The Hall–Kier alpha value is -3.21. The van der Waals surface area contributed by atoms with Gasteiger partial charge in [0, 0.05) is 11.7 Å². The molecule has 11 heteroatoms. The summed E-state index contributed by atoms with van der Waals surface area (Å²) in [6, 6.07) is 11.9. The molecular weight excluding hydrogens is 485 g/mol. The number of nitrogens with zero attached hydrogens (tertiary/aromatic N) is 1. The summed E-state index contributed by atoms with van der Waals surface area (Å²) < 4.78 is 45.0. The Balaban J connectivity index is 1.48. The van der Waals surface area contributed by atoms with Gasteiger partial charge in [0.25, 0.3) is 0 Å². The molecular formula is C24H23F3N2O5S. The highest BCUT2D eigenvalue weighted by atomic mass is 32.2. The van der Waals surface area contributed by atoms with Crippen LogP contribution in [0, 0.1) is 0 Å². The van der Waals surface area contributed by atoms with Crippen LogP contribution in [0.3, 0.4) is 0 Å². The number of ether oxygens (including phenoxy) is 1. The number of carbonyl (C=O) groups excluding carboxylic acids is 2. The van der Waals surface area contributed by atoms with E-state index in [4.69, 9.17) is 4.74 Å². The molecule has 3 unspecified atom stereocenters. The first-order chi connectivity index (χ1) is 16.6. The van der Waals surface area contributed by atoms with Crippen molar-refractivity contribution in [3.63, 3.8) is 0 Å². The molecule has 1 fully saturated rings. The third kappa shape index (κ3) is 5.24. The third-order valence-corrected chi connectivity index (χ3v) is 7.35. The minimum atomic E-state index is -4.77. The zero-order chi connectivity index (χ0) is 25.3. The Bertz CT molecular complexity index is 1100. The summed E-state index contributed by atoms with van der Waals surface area (Å²) >= 11 is 1.14. The molecule has 1 aliphatic heterocycles. The lowest BCUT2D eigenvalue weighted by molar-refractivity contribution is -0.158. The summed E-state index contributed by atoms with van der Waals surface area (Å²) in [5, 5.41) is 10.7. The van der Waals surface area contributed by atoms with Gasteiger partial charge < -0.3 is 20.1 Å². The smallest absolute Gasteiger partial charge is 0.407 e. The van der Waals surface area contributed by atoms with Crippen molar-refractivity contribution in [3.8, 4) is 11.1 Å². The molecule has 4 rings (SSSR count). The maximum atomic E-state index is 13.2. The second-order valence-electron chi connectivity index (χ2n) is 8.37. The molecule has 7 nitrogen and oxygen atoms in total. The lowest BCUT2D eigenvalue weighted by Crippen LogP contribution is -2.55. The second-order valence-corrected chi connectivity index (χ2v) is 9.72. The van der Waals surface area contributed by atoms with Crippen molar-refractivity contribution in [2.75, 3.05) is 12.4 Å². The van der Waals surface area contributed by atoms with Gasteiger partial charge in [-0.25, -0.2) is 9.59 Å². The normalized spacial score (nSPS) is 20.2. The third-order valence-electron chi connectivity index (χ3n) is 6.13.